The van der Waals surface area contributed by atoms with Crippen molar-refractivity contribution >= 4 is 11.8 Å². The summed E-state index contributed by atoms with van der Waals surface area (Å²) in [6, 6.07) is 7.05. The van der Waals surface area contributed by atoms with E-state index in [1.54, 1.807) is 19.1 Å². The number of ketones is 1. The third-order valence-corrected chi connectivity index (χ3v) is 2.68. The van der Waals surface area contributed by atoms with E-state index >= 15 is 0 Å². The first-order chi connectivity index (χ1) is 8.67. The van der Waals surface area contributed by atoms with Gasteiger partial charge in [0, 0.05) is 12.8 Å². The molecule has 0 saturated heterocycles. The summed E-state index contributed by atoms with van der Waals surface area (Å²) in [5.41, 5.74) is 1.48. The Bertz CT molecular complexity index is 393. The van der Waals surface area contributed by atoms with Gasteiger partial charge in [-0.15, -0.1) is 0 Å². The molecule has 0 aliphatic carbocycles. The first-order valence-corrected chi connectivity index (χ1v) is 6.45. The molecular formula is C15H20O3. The lowest BCUT2D eigenvalue weighted by Crippen LogP contribution is -2.06. The van der Waals surface area contributed by atoms with Gasteiger partial charge in [-0.2, -0.15) is 0 Å². The van der Waals surface area contributed by atoms with Crippen molar-refractivity contribution in [2.24, 2.45) is 0 Å². The van der Waals surface area contributed by atoms with Crippen molar-refractivity contribution in [3.8, 4) is 0 Å². The number of unbranched alkanes of at least 4 members (excludes halogenated alkanes) is 1. The van der Waals surface area contributed by atoms with Gasteiger partial charge in [-0.3, -0.25) is 4.79 Å². The van der Waals surface area contributed by atoms with Crippen LogP contribution in [0.2, 0.25) is 0 Å². The van der Waals surface area contributed by atoms with Gasteiger partial charge in [0.15, 0.2) is 0 Å². The van der Waals surface area contributed by atoms with Crippen LogP contribution in [0.25, 0.3) is 0 Å². The molecule has 0 amide bonds. The third-order valence-electron chi connectivity index (χ3n) is 2.68. The molecule has 1 aromatic rings. The highest BCUT2D eigenvalue weighted by Crippen LogP contribution is 2.09. The van der Waals surface area contributed by atoms with E-state index in [2.05, 4.69) is 6.92 Å². The molecule has 18 heavy (non-hydrogen) atoms. The number of benzene rings is 1. The molecule has 0 fully saturated rings. The largest absolute Gasteiger partial charge is 0.462 e. The highest BCUT2D eigenvalue weighted by atomic mass is 16.5. The highest BCUT2D eigenvalue weighted by Gasteiger charge is 2.07. The van der Waals surface area contributed by atoms with E-state index in [9.17, 15) is 9.59 Å². The Morgan fingerprint density at radius 2 is 1.78 bits per heavy atom. The van der Waals surface area contributed by atoms with E-state index < -0.39 is 0 Å². The Morgan fingerprint density at radius 1 is 1.11 bits per heavy atom. The summed E-state index contributed by atoms with van der Waals surface area (Å²) >= 11 is 0. The minimum absolute atomic E-state index is 0.251. The van der Waals surface area contributed by atoms with E-state index in [0.717, 1.165) is 18.4 Å². The minimum atomic E-state index is -0.318. The Balaban J connectivity index is 2.55. The van der Waals surface area contributed by atoms with Gasteiger partial charge in [0.1, 0.15) is 5.78 Å². The molecule has 3 heteroatoms. The van der Waals surface area contributed by atoms with Crippen LogP contribution in [-0.2, 0) is 16.0 Å². The van der Waals surface area contributed by atoms with Crippen molar-refractivity contribution in [3.63, 3.8) is 0 Å². The number of esters is 1. The molecule has 1 rings (SSSR count). The van der Waals surface area contributed by atoms with Gasteiger partial charge in [0.25, 0.3) is 0 Å². The van der Waals surface area contributed by atoms with Crippen LogP contribution in [0.1, 0.15) is 49.0 Å². The molecule has 98 valence electrons. The number of hydrogen-bond donors (Lipinski definition) is 0. The summed E-state index contributed by atoms with van der Waals surface area (Å²) in [7, 11) is 0. The molecule has 0 radical (unpaired) electrons. The fraction of sp³-hybridized carbons (Fsp3) is 0.467. The van der Waals surface area contributed by atoms with Gasteiger partial charge in [-0.1, -0.05) is 25.5 Å². The Hall–Kier alpha value is -1.64. The van der Waals surface area contributed by atoms with Gasteiger partial charge in [0.05, 0.1) is 12.2 Å². The summed E-state index contributed by atoms with van der Waals surface area (Å²) in [4.78, 5) is 23.0. The van der Waals surface area contributed by atoms with Crippen LogP contribution in [0.4, 0.5) is 0 Å². The summed E-state index contributed by atoms with van der Waals surface area (Å²) in [6.07, 6.45) is 3.06. The average molecular weight is 248 g/mol. The smallest absolute Gasteiger partial charge is 0.338 e. The number of rotatable bonds is 7. The van der Waals surface area contributed by atoms with Crippen molar-refractivity contribution in [3.05, 3.63) is 35.4 Å². The maximum Gasteiger partial charge on any atom is 0.338 e. The second kappa shape index (κ2) is 7.64. The first kappa shape index (κ1) is 14.4. The van der Waals surface area contributed by atoms with E-state index in [1.165, 1.54) is 0 Å². The maximum absolute atomic E-state index is 11.6. The van der Waals surface area contributed by atoms with Gasteiger partial charge >= 0.3 is 5.97 Å². The molecule has 0 N–H and O–H groups in total. The SMILES string of the molecule is CCCCC(=O)Cc1ccc(C(=O)OCC)cc1. The number of carbonyl (C=O) groups excluding carboxylic acids is 2. The zero-order valence-corrected chi connectivity index (χ0v) is 11.1. The zero-order chi connectivity index (χ0) is 13.4. The normalized spacial score (nSPS) is 10.1. The first-order valence-electron chi connectivity index (χ1n) is 6.45. The summed E-state index contributed by atoms with van der Waals surface area (Å²) < 4.78 is 4.90. The van der Waals surface area contributed by atoms with Crippen molar-refractivity contribution < 1.29 is 14.3 Å². The number of Topliss-reactive ketones (excluding diaryl/α,β-unsaturated/α-hetero) is 1. The molecule has 0 saturated carbocycles. The molecule has 0 spiro atoms. The van der Waals surface area contributed by atoms with Crippen LogP contribution < -0.4 is 0 Å². The van der Waals surface area contributed by atoms with E-state index in [4.69, 9.17) is 4.74 Å². The second-order valence-electron chi connectivity index (χ2n) is 4.24. The zero-order valence-electron chi connectivity index (χ0n) is 11.1. The number of carbonyl (C=O) groups is 2. The molecular weight excluding hydrogens is 228 g/mol. The van der Waals surface area contributed by atoms with Crippen molar-refractivity contribution in [2.75, 3.05) is 6.61 Å². The molecule has 1 aromatic carbocycles. The molecule has 0 aliphatic rings. The Morgan fingerprint density at radius 3 is 2.33 bits per heavy atom. The van der Waals surface area contributed by atoms with Crippen LogP contribution in [0.5, 0.6) is 0 Å². The van der Waals surface area contributed by atoms with Crippen molar-refractivity contribution in [2.45, 2.75) is 39.5 Å². The molecule has 3 nitrogen and oxygen atoms in total. The van der Waals surface area contributed by atoms with E-state index in [1.807, 2.05) is 12.1 Å². The standard InChI is InChI=1S/C15H20O3/c1-3-5-6-14(16)11-12-7-9-13(10-8-12)15(17)18-4-2/h7-10H,3-6,11H2,1-2H3. The van der Waals surface area contributed by atoms with E-state index in [-0.39, 0.29) is 11.8 Å². The quantitative estimate of drug-likeness (QED) is 0.696. The second-order valence-corrected chi connectivity index (χ2v) is 4.24. The molecule has 0 atom stereocenters. The van der Waals surface area contributed by atoms with Crippen LogP contribution >= 0.6 is 0 Å². The Labute approximate surface area is 108 Å². The molecule has 0 unspecified atom stereocenters. The van der Waals surface area contributed by atoms with Gasteiger partial charge in [-0.05, 0) is 31.0 Å². The van der Waals surface area contributed by atoms with Crippen LogP contribution in [0.15, 0.2) is 24.3 Å². The predicted molar refractivity (Wildman–Crippen MR) is 70.6 cm³/mol. The van der Waals surface area contributed by atoms with Crippen LogP contribution in [0, 0.1) is 0 Å². The van der Waals surface area contributed by atoms with Gasteiger partial charge < -0.3 is 4.74 Å². The van der Waals surface area contributed by atoms with Gasteiger partial charge in [0.2, 0.25) is 0 Å². The molecule has 0 heterocycles. The average Bonchev–Trinajstić information content (AvgIpc) is 2.37. The van der Waals surface area contributed by atoms with Crippen molar-refractivity contribution in [1.29, 1.82) is 0 Å². The fourth-order valence-corrected chi connectivity index (χ4v) is 1.66. The minimum Gasteiger partial charge on any atom is -0.462 e. The monoisotopic (exact) mass is 248 g/mol. The molecule has 0 bridgehead atoms. The van der Waals surface area contributed by atoms with Crippen LogP contribution in [0.3, 0.4) is 0 Å². The number of ether oxygens (including phenoxy) is 1. The lowest BCUT2D eigenvalue weighted by atomic mass is 10.0. The fourth-order valence-electron chi connectivity index (χ4n) is 1.66. The summed E-state index contributed by atoms with van der Waals surface area (Å²) in [5, 5.41) is 0. The number of hydrogen-bond acceptors (Lipinski definition) is 3. The van der Waals surface area contributed by atoms with Gasteiger partial charge in [-0.25, -0.2) is 4.79 Å². The highest BCUT2D eigenvalue weighted by molar-refractivity contribution is 5.89. The van der Waals surface area contributed by atoms with E-state index in [0.29, 0.717) is 25.0 Å². The third kappa shape index (κ3) is 4.70. The molecule has 0 aromatic heterocycles. The van der Waals surface area contributed by atoms with Crippen LogP contribution in [-0.4, -0.2) is 18.4 Å². The molecule has 0 aliphatic heterocycles. The Kier molecular flexibility index (Phi) is 6.12. The lowest BCUT2D eigenvalue weighted by Gasteiger charge is -2.04. The predicted octanol–water partition coefficient (Wildman–Crippen LogP) is 3.17. The topological polar surface area (TPSA) is 43.4 Å². The summed E-state index contributed by atoms with van der Waals surface area (Å²) in [5.74, 6) is -0.0675. The maximum atomic E-state index is 11.6. The lowest BCUT2D eigenvalue weighted by molar-refractivity contribution is -0.118. The summed E-state index contributed by atoms with van der Waals surface area (Å²) in [6.45, 7) is 4.22. The van der Waals surface area contributed by atoms with Crippen molar-refractivity contribution in [1.82, 2.24) is 0 Å².